The van der Waals surface area contributed by atoms with Gasteiger partial charge >= 0.3 is 0 Å². The molecule has 1 N–H and O–H groups in total. The van der Waals surface area contributed by atoms with Gasteiger partial charge in [0.1, 0.15) is 0 Å². The Balaban J connectivity index is 1.69. The van der Waals surface area contributed by atoms with E-state index < -0.39 is 0 Å². The molecule has 0 unspecified atom stereocenters. The predicted octanol–water partition coefficient (Wildman–Crippen LogP) is 3.69. The molecule has 1 aromatic carbocycles. The number of amides is 2. The van der Waals surface area contributed by atoms with Gasteiger partial charge in [-0.2, -0.15) is 0 Å². The van der Waals surface area contributed by atoms with E-state index in [1.165, 1.54) is 0 Å². The fourth-order valence-electron chi connectivity index (χ4n) is 3.40. The van der Waals surface area contributed by atoms with Gasteiger partial charge in [-0.1, -0.05) is 0 Å². The van der Waals surface area contributed by atoms with Gasteiger partial charge in [-0.25, -0.2) is 0 Å². The number of anilines is 2. The lowest BCUT2D eigenvalue weighted by atomic mass is 9.96. The largest absolute Gasteiger partial charge is 0.444 e. The van der Waals surface area contributed by atoms with Crippen LogP contribution in [-0.2, 0) is 11.2 Å². The Hall–Kier alpha value is -2.08. The number of carbonyl (C=O) groups excluding carboxylic acids is 2. The first-order valence-electron chi connectivity index (χ1n) is 7.59. The van der Waals surface area contributed by atoms with E-state index in [0.717, 1.165) is 36.2 Å². The molecule has 0 spiro atoms. The van der Waals surface area contributed by atoms with Gasteiger partial charge in [-0.05, 0) is 71.1 Å². The van der Waals surface area contributed by atoms with E-state index in [0.29, 0.717) is 10.4 Å². The maximum atomic E-state index is 12.4. The van der Waals surface area contributed by atoms with E-state index in [1.807, 2.05) is 24.0 Å². The third kappa shape index (κ3) is 2.28. The van der Waals surface area contributed by atoms with E-state index in [4.69, 9.17) is 4.42 Å². The molecule has 23 heavy (non-hydrogen) atoms. The van der Waals surface area contributed by atoms with Crippen molar-refractivity contribution >= 4 is 39.1 Å². The first kappa shape index (κ1) is 14.5. The molecule has 0 fully saturated rings. The van der Waals surface area contributed by atoms with Gasteiger partial charge in [-0.3, -0.25) is 9.59 Å². The summed E-state index contributed by atoms with van der Waals surface area (Å²) in [6.07, 6.45) is 1.88. The Morgan fingerprint density at radius 3 is 2.96 bits per heavy atom. The number of furan rings is 1. The van der Waals surface area contributed by atoms with E-state index in [2.05, 4.69) is 21.2 Å². The SMILES string of the molecule is C[C@H]1C(=O)N2CCCc3cc(NC(=O)c4ccc(Br)o4)cc1c32. The van der Waals surface area contributed by atoms with Crippen LogP contribution in [0.4, 0.5) is 11.4 Å². The fraction of sp³-hybridized carbons (Fsp3) is 0.294. The van der Waals surface area contributed by atoms with Crippen LogP contribution in [0.1, 0.15) is 40.9 Å². The van der Waals surface area contributed by atoms with Gasteiger partial charge in [0.25, 0.3) is 5.91 Å². The molecular weight excluding hydrogens is 360 g/mol. The summed E-state index contributed by atoms with van der Waals surface area (Å²) in [5, 5.41) is 2.87. The molecule has 118 valence electrons. The summed E-state index contributed by atoms with van der Waals surface area (Å²) in [5.41, 5.74) is 3.89. The molecule has 0 aliphatic carbocycles. The highest BCUT2D eigenvalue weighted by molar-refractivity contribution is 9.10. The highest BCUT2D eigenvalue weighted by atomic mass is 79.9. The summed E-state index contributed by atoms with van der Waals surface area (Å²) in [4.78, 5) is 26.5. The van der Waals surface area contributed by atoms with Crippen molar-refractivity contribution in [3.63, 3.8) is 0 Å². The van der Waals surface area contributed by atoms with Crippen molar-refractivity contribution < 1.29 is 14.0 Å². The van der Waals surface area contributed by atoms with Crippen molar-refractivity contribution in [3.8, 4) is 0 Å². The molecule has 0 saturated heterocycles. The number of hydrogen-bond donors (Lipinski definition) is 1. The van der Waals surface area contributed by atoms with Crippen LogP contribution in [0, 0.1) is 0 Å². The Morgan fingerprint density at radius 1 is 1.39 bits per heavy atom. The van der Waals surface area contributed by atoms with Gasteiger partial charge in [0, 0.05) is 12.2 Å². The number of aryl methyl sites for hydroxylation is 1. The van der Waals surface area contributed by atoms with Crippen LogP contribution in [0.25, 0.3) is 0 Å². The monoisotopic (exact) mass is 374 g/mol. The Labute approximate surface area is 141 Å². The molecule has 1 atom stereocenters. The quantitative estimate of drug-likeness (QED) is 0.871. The molecule has 2 aliphatic heterocycles. The minimum absolute atomic E-state index is 0.152. The third-order valence-corrected chi connectivity index (χ3v) is 4.90. The standard InChI is InChI=1S/C17H15BrN2O3/c1-9-12-8-11(19-16(21)13-4-5-14(18)23-13)7-10-3-2-6-20(15(10)12)17(9)22/h4-5,7-9H,2-3,6H2,1H3,(H,19,21)/t9-/m1/s1. The van der Waals surface area contributed by atoms with E-state index in [1.54, 1.807) is 12.1 Å². The Bertz CT molecular complexity index is 827. The van der Waals surface area contributed by atoms with Crippen LogP contribution >= 0.6 is 15.9 Å². The summed E-state index contributed by atoms with van der Waals surface area (Å²) >= 11 is 3.19. The molecule has 2 aliphatic rings. The van der Waals surface area contributed by atoms with Gasteiger partial charge in [-0.15, -0.1) is 0 Å². The molecule has 6 heteroatoms. The Morgan fingerprint density at radius 2 is 2.22 bits per heavy atom. The highest BCUT2D eigenvalue weighted by Crippen LogP contribution is 2.44. The maximum Gasteiger partial charge on any atom is 0.291 e. The van der Waals surface area contributed by atoms with Crippen LogP contribution in [0.2, 0.25) is 0 Å². The number of nitrogens with one attached hydrogen (secondary N) is 1. The zero-order valence-electron chi connectivity index (χ0n) is 12.6. The van der Waals surface area contributed by atoms with Gasteiger partial charge in [0.05, 0.1) is 11.6 Å². The van der Waals surface area contributed by atoms with Gasteiger partial charge in [0.2, 0.25) is 5.91 Å². The molecule has 5 nitrogen and oxygen atoms in total. The number of benzene rings is 1. The van der Waals surface area contributed by atoms with Crippen LogP contribution in [0.3, 0.4) is 0 Å². The van der Waals surface area contributed by atoms with Crippen molar-refractivity contribution in [2.75, 3.05) is 16.8 Å². The number of rotatable bonds is 2. The summed E-state index contributed by atoms with van der Waals surface area (Å²) in [6, 6.07) is 7.17. The number of hydrogen-bond acceptors (Lipinski definition) is 3. The number of carbonyl (C=O) groups is 2. The second-order valence-corrected chi connectivity index (χ2v) is 6.73. The van der Waals surface area contributed by atoms with Gasteiger partial charge in [0.15, 0.2) is 10.4 Å². The molecule has 2 aromatic rings. The average molecular weight is 375 g/mol. The van der Waals surface area contributed by atoms with E-state index in [-0.39, 0.29) is 23.5 Å². The lowest BCUT2D eigenvalue weighted by Gasteiger charge is -2.26. The van der Waals surface area contributed by atoms with Crippen LogP contribution < -0.4 is 10.2 Å². The van der Waals surface area contributed by atoms with Crippen molar-refractivity contribution in [2.45, 2.75) is 25.7 Å². The van der Waals surface area contributed by atoms with Crippen molar-refractivity contribution in [1.29, 1.82) is 0 Å². The molecule has 2 amide bonds. The summed E-state index contributed by atoms with van der Waals surface area (Å²) in [6.45, 7) is 2.71. The molecule has 0 bridgehead atoms. The zero-order chi connectivity index (χ0) is 16.1. The zero-order valence-corrected chi connectivity index (χ0v) is 14.1. The van der Waals surface area contributed by atoms with Crippen molar-refractivity contribution in [1.82, 2.24) is 0 Å². The van der Waals surface area contributed by atoms with Crippen molar-refractivity contribution in [3.05, 3.63) is 45.8 Å². The first-order valence-corrected chi connectivity index (χ1v) is 8.39. The topological polar surface area (TPSA) is 62.6 Å². The average Bonchev–Trinajstić information content (AvgIpc) is 3.07. The second kappa shape index (κ2) is 5.23. The Kier molecular flexibility index (Phi) is 3.30. The van der Waals surface area contributed by atoms with Gasteiger partial charge < -0.3 is 14.6 Å². The first-order chi connectivity index (χ1) is 11.0. The fourth-order valence-corrected chi connectivity index (χ4v) is 3.70. The number of halogens is 1. The minimum Gasteiger partial charge on any atom is -0.444 e. The molecule has 4 rings (SSSR count). The van der Waals surface area contributed by atoms with E-state index >= 15 is 0 Å². The molecule has 1 aromatic heterocycles. The van der Waals surface area contributed by atoms with Crippen LogP contribution in [0.5, 0.6) is 0 Å². The summed E-state index contributed by atoms with van der Waals surface area (Å²) in [7, 11) is 0. The molecule has 0 saturated carbocycles. The molecule has 3 heterocycles. The highest BCUT2D eigenvalue weighted by Gasteiger charge is 2.37. The third-order valence-electron chi connectivity index (χ3n) is 4.47. The maximum absolute atomic E-state index is 12.4. The smallest absolute Gasteiger partial charge is 0.291 e. The molecule has 0 radical (unpaired) electrons. The number of nitrogens with zero attached hydrogens (tertiary/aromatic N) is 1. The van der Waals surface area contributed by atoms with E-state index in [9.17, 15) is 9.59 Å². The van der Waals surface area contributed by atoms with Crippen molar-refractivity contribution in [2.24, 2.45) is 0 Å². The second-order valence-electron chi connectivity index (χ2n) is 5.95. The molecular formula is C17H15BrN2O3. The minimum atomic E-state index is -0.299. The lowest BCUT2D eigenvalue weighted by molar-refractivity contribution is -0.119. The lowest BCUT2D eigenvalue weighted by Crippen LogP contribution is -2.32. The summed E-state index contributed by atoms with van der Waals surface area (Å²) in [5.74, 6) is -0.0555. The normalized spacial score (nSPS) is 19.0. The van der Waals surface area contributed by atoms with Crippen LogP contribution in [0.15, 0.2) is 33.4 Å². The predicted molar refractivity (Wildman–Crippen MR) is 89.9 cm³/mol. The summed E-state index contributed by atoms with van der Waals surface area (Å²) < 4.78 is 5.79. The van der Waals surface area contributed by atoms with Crippen LogP contribution in [-0.4, -0.2) is 18.4 Å².